The van der Waals surface area contributed by atoms with E-state index < -0.39 is 0 Å². The van der Waals surface area contributed by atoms with Gasteiger partial charge >= 0.3 is 148 Å². The molecular weight excluding hydrogens is 324 g/mol. The minimum atomic E-state index is 0.0531. The Labute approximate surface area is 148 Å². The van der Waals surface area contributed by atoms with Crippen molar-refractivity contribution in [3.63, 3.8) is 0 Å². The van der Waals surface area contributed by atoms with Gasteiger partial charge in [0.2, 0.25) is 0 Å². The summed E-state index contributed by atoms with van der Waals surface area (Å²) in [7, 11) is 3.95. The van der Waals surface area contributed by atoms with Crippen LogP contribution in [0.4, 0.5) is 0 Å². The van der Waals surface area contributed by atoms with Gasteiger partial charge in [0, 0.05) is 0 Å². The van der Waals surface area contributed by atoms with E-state index in [0.29, 0.717) is 0 Å². The molecular formula is C19H26CrN2O. The average molecular weight is 350 g/mol. The van der Waals surface area contributed by atoms with E-state index in [1.165, 1.54) is 0 Å². The number of Topliss-reactive ketones (excluding diaryl/α,β-unsaturated/α-hetero) is 1. The van der Waals surface area contributed by atoms with Gasteiger partial charge in [-0.25, -0.2) is 0 Å². The normalized spacial score (nSPS) is 13.1. The molecule has 1 N–H and O–H groups in total. The van der Waals surface area contributed by atoms with Gasteiger partial charge in [0.15, 0.2) is 0 Å². The number of ketones is 1. The SMILES string of the molecule is CC(=O)C(/C(=C\[C](=[Cr])N(C)C)c1ccccc1)=C(/C)NC(C)C. The first-order chi connectivity index (χ1) is 10.7. The third-order valence-corrected chi connectivity index (χ3v) is 4.05. The minimum absolute atomic E-state index is 0.0531. The molecule has 0 aliphatic carbocycles. The van der Waals surface area contributed by atoms with E-state index in [0.717, 1.165) is 26.9 Å². The molecule has 23 heavy (non-hydrogen) atoms. The zero-order valence-corrected chi connectivity index (χ0v) is 16.1. The van der Waals surface area contributed by atoms with Crippen molar-refractivity contribution in [3.05, 3.63) is 53.2 Å². The Balaban J connectivity index is 3.54. The Bertz CT molecular complexity index is 628. The number of nitrogens with zero attached hydrogens (tertiary/aromatic N) is 1. The van der Waals surface area contributed by atoms with Crippen molar-refractivity contribution in [1.29, 1.82) is 0 Å². The summed E-state index contributed by atoms with van der Waals surface area (Å²) in [6.07, 6.45) is 2.03. The van der Waals surface area contributed by atoms with Crippen LogP contribution in [-0.2, 0) is 20.6 Å². The van der Waals surface area contributed by atoms with Crippen molar-refractivity contribution >= 4 is 15.9 Å². The Morgan fingerprint density at radius 3 is 2.17 bits per heavy atom. The van der Waals surface area contributed by atoms with E-state index in [1.807, 2.05) is 62.3 Å². The summed E-state index contributed by atoms with van der Waals surface area (Å²) in [5, 5.41) is 3.36. The van der Waals surface area contributed by atoms with Gasteiger partial charge in [-0.2, -0.15) is 0 Å². The van der Waals surface area contributed by atoms with Crippen LogP contribution in [0.15, 0.2) is 47.7 Å². The summed E-state index contributed by atoms with van der Waals surface area (Å²) >= 11 is 3.06. The van der Waals surface area contributed by atoms with Crippen molar-refractivity contribution in [3.8, 4) is 0 Å². The molecule has 0 heterocycles. The van der Waals surface area contributed by atoms with Crippen molar-refractivity contribution in [1.82, 2.24) is 10.2 Å². The van der Waals surface area contributed by atoms with Crippen molar-refractivity contribution in [2.24, 2.45) is 0 Å². The molecule has 1 aromatic rings. The topological polar surface area (TPSA) is 32.3 Å². The molecule has 0 unspecified atom stereocenters. The third kappa shape index (κ3) is 5.91. The van der Waals surface area contributed by atoms with Crippen LogP contribution < -0.4 is 5.32 Å². The molecule has 0 bridgehead atoms. The zero-order valence-electron chi connectivity index (χ0n) is 14.8. The first-order valence-electron chi connectivity index (χ1n) is 7.71. The van der Waals surface area contributed by atoms with E-state index >= 15 is 0 Å². The van der Waals surface area contributed by atoms with Crippen LogP contribution in [0.3, 0.4) is 0 Å². The molecule has 0 fully saturated rings. The van der Waals surface area contributed by atoms with Crippen LogP contribution in [0.25, 0.3) is 5.57 Å². The number of hydrogen-bond donors (Lipinski definition) is 1. The van der Waals surface area contributed by atoms with Gasteiger partial charge in [-0.3, -0.25) is 0 Å². The number of carbonyl (C=O) groups excluding carboxylic acids is 1. The van der Waals surface area contributed by atoms with E-state index in [1.54, 1.807) is 6.92 Å². The molecule has 0 atom stereocenters. The fourth-order valence-electron chi connectivity index (χ4n) is 2.33. The van der Waals surface area contributed by atoms with E-state index in [4.69, 9.17) is 0 Å². The number of nitrogens with one attached hydrogen (secondary N) is 1. The van der Waals surface area contributed by atoms with Gasteiger partial charge in [0.1, 0.15) is 0 Å². The summed E-state index contributed by atoms with van der Waals surface area (Å²) in [5.41, 5.74) is 3.57. The van der Waals surface area contributed by atoms with Crippen LogP contribution in [0, 0.1) is 0 Å². The van der Waals surface area contributed by atoms with Gasteiger partial charge in [-0.1, -0.05) is 0 Å². The molecule has 0 saturated heterocycles. The molecule has 1 aromatic carbocycles. The van der Waals surface area contributed by atoms with E-state index in [2.05, 4.69) is 35.0 Å². The van der Waals surface area contributed by atoms with E-state index in [-0.39, 0.29) is 11.8 Å². The number of carbonyl (C=O) groups is 1. The molecule has 0 aliphatic rings. The zero-order chi connectivity index (χ0) is 17.6. The van der Waals surface area contributed by atoms with Crippen LogP contribution in [0.1, 0.15) is 33.3 Å². The summed E-state index contributed by atoms with van der Waals surface area (Å²) in [6, 6.07) is 10.3. The van der Waals surface area contributed by atoms with Crippen LogP contribution >= 0.6 is 0 Å². The fourth-order valence-corrected chi connectivity index (χ4v) is 2.52. The third-order valence-electron chi connectivity index (χ3n) is 3.29. The van der Waals surface area contributed by atoms with Crippen LogP contribution in [0.2, 0.25) is 0 Å². The van der Waals surface area contributed by atoms with Gasteiger partial charge in [-0.05, 0) is 0 Å². The first kappa shape index (κ1) is 19.6. The molecule has 0 aliphatic heterocycles. The number of allylic oxidation sites excluding steroid dienone is 3. The second-order valence-electron chi connectivity index (χ2n) is 6.01. The van der Waals surface area contributed by atoms with Gasteiger partial charge in [0.25, 0.3) is 0 Å². The van der Waals surface area contributed by atoms with Crippen molar-refractivity contribution in [2.45, 2.75) is 33.7 Å². The Hall–Kier alpha value is -1.47. The second kappa shape index (κ2) is 8.98. The first-order valence-corrected chi connectivity index (χ1v) is 8.35. The molecule has 3 nitrogen and oxygen atoms in total. The van der Waals surface area contributed by atoms with Gasteiger partial charge in [0.05, 0.1) is 0 Å². The molecule has 124 valence electrons. The maximum atomic E-state index is 12.4. The van der Waals surface area contributed by atoms with Crippen LogP contribution in [-0.4, -0.2) is 35.3 Å². The average Bonchev–Trinajstić information content (AvgIpc) is 2.46. The predicted molar refractivity (Wildman–Crippen MR) is 94.8 cm³/mol. The monoisotopic (exact) mass is 350 g/mol. The molecule has 4 heteroatoms. The fraction of sp³-hybridized carbons (Fsp3) is 0.368. The maximum absolute atomic E-state index is 12.4. The number of likely N-dealkylation sites (N-methyl/N-ethyl adjacent to an activating group) is 1. The Morgan fingerprint density at radius 1 is 1.17 bits per heavy atom. The number of benzene rings is 1. The number of rotatable bonds is 7. The summed E-state index contributed by atoms with van der Waals surface area (Å²) in [4.78, 5) is 14.4. The van der Waals surface area contributed by atoms with Crippen molar-refractivity contribution < 1.29 is 20.6 Å². The van der Waals surface area contributed by atoms with Crippen LogP contribution in [0.5, 0.6) is 0 Å². The summed E-state index contributed by atoms with van der Waals surface area (Å²) in [6.45, 7) is 7.71. The summed E-state index contributed by atoms with van der Waals surface area (Å²) < 4.78 is 0.972. The molecule has 0 amide bonds. The standard InChI is InChI=1S/C19H26N2O.Cr/c1-14(2)20-15(3)19(16(4)22)18(12-13-21(5)6)17-10-8-7-9-11-17;/h7-12,14,20H,1-6H3;/b18-12-,19-15+;. The summed E-state index contributed by atoms with van der Waals surface area (Å²) in [5.74, 6) is 0.0531. The molecule has 0 spiro atoms. The van der Waals surface area contributed by atoms with Gasteiger partial charge in [-0.15, -0.1) is 0 Å². The molecule has 0 radical (unpaired) electrons. The Morgan fingerprint density at radius 2 is 1.74 bits per heavy atom. The predicted octanol–water partition coefficient (Wildman–Crippen LogP) is 3.17. The quantitative estimate of drug-likeness (QED) is 0.606. The molecule has 1 rings (SSSR count). The van der Waals surface area contributed by atoms with Gasteiger partial charge < -0.3 is 0 Å². The van der Waals surface area contributed by atoms with Crippen molar-refractivity contribution in [2.75, 3.05) is 14.1 Å². The second-order valence-corrected chi connectivity index (χ2v) is 6.67. The van der Waals surface area contributed by atoms with E-state index in [9.17, 15) is 4.79 Å². The molecule has 0 aromatic heterocycles. The molecule has 0 saturated carbocycles. The Kier molecular flexibility index (Phi) is 7.65. The number of hydrogen-bond acceptors (Lipinski definition) is 3.